The molecule has 0 saturated carbocycles. The van der Waals surface area contributed by atoms with Crippen molar-refractivity contribution in [2.45, 2.75) is 0 Å². The lowest BCUT2D eigenvalue weighted by Crippen LogP contribution is -2.22. The Balaban J connectivity index is 1.81. The van der Waals surface area contributed by atoms with Crippen LogP contribution < -0.4 is 9.47 Å². The first kappa shape index (κ1) is 18.9. The summed E-state index contributed by atoms with van der Waals surface area (Å²) >= 11 is 6.44. The van der Waals surface area contributed by atoms with Gasteiger partial charge in [-0.3, -0.25) is 4.79 Å². The van der Waals surface area contributed by atoms with E-state index >= 15 is 0 Å². The van der Waals surface area contributed by atoms with E-state index in [1.807, 2.05) is 0 Å². The first-order valence-corrected chi connectivity index (χ1v) is 9.07. The van der Waals surface area contributed by atoms with E-state index in [4.69, 9.17) is 21.7 Å². The Morgan fingerprint density at radius 3 is 2.56 bits per heavy atom. The number of carbonyl (C=O) groups excluding carboxylic acids is 1. The van der Waals surface area contributed by atoms with Crippen molar-refractivity contribution < 1.29 is 19.4 Å². The summed E-state index contributed by atoms with van der Waals surface area (Å²) in [6.45, 7) is 0. The summed E-state index contributed by atoms with van der Waals surface area (Å²) in [5.41, 5.74) is 1.48. The quantitative estimate of drug-likeness (QED) is 0.469. The van der Waals surface area contributed by atoms with Gasteiger partial charge in [-0.05, 0) is 48.1 Å². The summed E-state index contributed by atoms with van der Waals surface area (Å²) in [5, 5.41) is 14.7. The van der Waals surface area contributed by atoms with Crippen molar-refractivity contribution in [1.29, 1.82) is 0 Å². The van der Waals surface area contributed by atoms with Gasteiger partial charge in [0.1, 0.15) is 17.2 Å². The van der Waals surface area contributed by atoms with E-state index in [0.29, 0.717) is 26.3 Å². The number of rotatable bonds is 5. The minimum atomic E-state index is -0.304. The summed E-state index contributed by atoms with van der Waals surface area (Å²) < 4.78 is 10.8. The first-order valence-electron chi connectivity index (χ1n) is 7.85. The van der Waals surface area contributed by atoms with Crippen LogP contribution in [-0.2, 0) is 4.79 Å². The molecule has 0 unspecified atom stereocenters. The van der Waals surface area contributed by atoms with E-state index in [1.165, 1.54) is 23.0 Å². The number of amides is 1. The number of phenols is 1. The molecule has 1 saturated heterocycles. The number of thioether (sulfide) groups is 1. The highest BCUT2D eigenvalue weighted by molar-refractivity contribution is 8.26. The van der Waals surface area contributed by atoms with E-state index in [1.54, 1.807) is 62.8 Å². The van der Waals surface area contributed by atoms with E-state index in [2.05, 4.69) is 5.10 Å². The Bertz CT molecular complexity index is 939. The van der Waals surface area contributed by atoms with Crippen molar-refractivity contribution in [2.24, 2.45) is 5.10 Å². The highest BCUT2D eigenvalue weighted by atomic mass is 32.2. The number of nitrogens with zero attached hydrogens (tertiary/aromatic N) is 2. The molecular formula is C19H16N2O4S2. The third-order valence-corrected chi connectivity index (χ3v) is 5.00. The molecule has 8 heteroatoms. The molecule has 1 aliphatic heterocycles. The fourth-order valence-corrected chi connectivity index (χ4v) is 3.50. The van der Waals surface area contributed by atoms with Crippen LogP contribution in [0.25, 0.3) is 6.08 Å². The maximum atomic E-state index is 12.6. The maximum absolute atomic E-state index is 12.6. The van der Waals surface area contributed by atoms with E-state index in [9.17, 15) is 9.90 Å². The second kappa shape index (κ2) is 8.24. The molecule has 0 atom stereocenters. The summed E-state index contributed by atoms with van der Waals surface area (Å²) in [4.78, 5) is 13.1. The minimum Gasteiger partial charge on any atom is -0.508 e. The maximum Gasteiger partial charge on any atom is 0.286 e. The van der Waals surface area contributed by atoms with E-state index in [0.717, 1.165) is 5.56 Å². The lowest BCUT2D eigenvalue weighted by Gasteiger charge is -2.09. The van der Waals surface area contributed by atoms with Crippen LogP contribution in [-0.4, -0.2) is 40.8 Å². The van der Waals surface area contributed by atoms with E-state index in [-0.39, 0.29) is 11.7 Å². The average molecular weight is 400 g/mol. The van der Waals surface area contributed by atoms with Gasteiger partial charge in [-0.25, -0.2) is 0 Å². The van der Waals surface area contributed by atoms with Crippen molar-refractivity contribution in [1.82, 2.24) is 5.01 Å². The van der Waals surface area contributed by atoms with Gasteiger partial charge in [0.2, 0.25) is 0 Å². The normalized spacial score (nSPS) is 15.8. The molecule has 0 spiro atoms. The van der Waals surface area contributed by atoms with Crippen LogP contribution in [0.2, 0.25) is 0 Å². The number of phenolic OH excluding ortho intramolecular Hbond substituents is 1. The van der Waals surface area contributed by atoms with Crippen molar-refractivity contribution in [3.63, 3.8) is 0 Å². The molecule has 138 valence electrons. The fraction of sp³-hybridized carbons (Fsp3) is 0.105. The third kappa shape index (κ3) is 4.29. The van der Waals surface area contributed by atoms with Gasteiger partial charge in [0.05, 0.1) is 25.3 Å². The highest BCUT2D eigenvalue weighted by Crippen LogP contribution is 2.33. The van der Waals surface area contributed by atoms with Crippen LogP contribution in [0.4, 0.5) is 0 Å². The number of hydrogen-bond donors (Lipinski definition) is 1. The molecule has 3 rings (SSSR count). The Kier molecular flexibility index (Phi) is 5.78. The Labute approximate surface area is 166 Å². The highest BCUT2D eigenvalue weighted by Gasteiger charge is 2.32. The van der Waals surface area contributed by atoms with Crippen molar-refractivity contribution in [3.05, 3.63) is 58.5 Å². The molecule has 1 N–H and O–H groups in total. The lowest BCUT2D eigenvalue weighted by atomic mass is 10.2. The number of methoxy groups -OCH3 is 2. The Morgan fingerprint density at radius 2 is 1.89 bits per heavy atom. The van der Waals surface area contributed by atoms with Crippen LogP contribution in [0, 0.1) is 0 Å². The number of ether oxygens (including phenoxy) is 2. The summed E-state index contributed by atoms with van der Waals surface area (Å²) in [7, 11) is 3.12. The number of hydrazone groups is 1. The molecule has 0 radical (unpaired) electrons. The number of benzene rings is 2. The second-order valence-electron chi connectivity index (χ2n) is 5.44. The number of thiocarbonyl (C=S) groups is 1. The minimum absolute atomic E-state index is 0.165. The molecule has 27 heavy (non-hydrogen) atoms. The molecule has 0 aliphatic carbocycles. The smallest absolute Gasteiger partial charge is 0.286 e. The van der Waals surface area contributed by atoms with Gasteiger partial charge >= 0.3 is 0 Å². The van der Waals surface area contributed by atoms with Crippen molar-refractivity contribution in [3.8, 4) is 17.2 Å². The summed E-state index contributed by atoms with van der Waals surface area (Å²) in [6, 6.07) is 11.8. The monoisotopic (exact) mass is 400 g/mol. The van der Waals surface area contributed by atoms with Gasteiger partial charge in [0.15, 0.2) is 4.32 Å². The largest absolute Gasteiger partial charge is 0.508 e. The van der Waals surface area contributed by atoms with Crippen LogP contribution in [0.1, 0.15) is 11.1 Å². The van der Waals surface area contributed by atoms with Gasteiger partial charge in [0.25, 0.3) is 5.91 Å². The second-order valence-corrected chi connectivity index (χ2v) is 7.11. The fourth-order valence-electron chi connectivity index (χ4n) is 2.33. The molecule has 2 aromatic rings. The molecule has 6 nitrogen and oxygen atoms in total. The first-order chi connectivity index (χ1) is 13.0. The molecule has 1 heterocycles. The molecule has 1 amide bonds. The Hall–Kier alpha value is -2.84. The zero-order valence-electron chi connectivity index (χ0n) is 14.6. The van der Waals surface area contributed by atoms with Crippen LogP contribution >= 0.6 is 24.0 Å². The van der Waals surface area contributed by atoms with Gasteiger partial charge in [-0.1, -0.05) is 23.9 Å². The standard InChI is InChI=1S/C19H16N2O4S2/c1-24-15-8-5-13(16(10-15)25-2)11-20-21-18(23)17(27-19(21)26)9-12-3-6-14(22)7-4-12/h3-11,22H,1-2H3/b17-9+,20-11+. The average Bonchev–Trinajstić information content (AvgIpc) is 2.94. The van der Waals surface area contributed by atoms with Crippen LogP contribution in [0.5, 0.6) is 17.2 Å². The zero-order valence-corrected chi connectivity index (χ0v) is 16.2. The third-order valence-electron chi connectivity index (χ3n) is 3.72. The van der Waals surface area contributed by atoms with Crippen LogP contribution in [0.3, 0.4) is 0 Å². The summed E-state index contributed by atoms with van der Waals surface area (Å²) in [6.07, 6.45) is 3.23. The number of aromatic hydroxyl groups is 1. The molecule has 1 aliphatic rings. The summed E-state index contributed by atoms with van der Waals surface area (Å²) in [5.74, 6) is 1.09. The molecule has 1 fully saturated rings. The van der Waals surface area contributed by atoms with Gasteiger partial charge in [0, 0.05) is 11.6 Å². The SMILES string of the molecule is COc1ccc(/C=N/N2C(=O)/C(=C\c3ccc(O)cc3)SC2=S)c(OC)c1. The van der Waals surface area contributed by atoms with Crippen molar-refractivity contribution in [2.75, 3.05) is 14.2 Å². The lowest BCUT2D eigenvalue weighted by molar-refractivity contribution is -0.122. The molecular weight excluding hydrogens is 384 g/mol. The van der Waals surface area contributed by atoms with Gasteiger partial charge in [-0.15, -0.1) is 0 Å². The predicted octanol–water partition coefficient (Wildman–Crippen LogP) is 3.64. The molecule has 0 aromatic heterocycles. The number of carbonyl (C=O) groups is 1. The van der Waals surface area contributed by atoms with Crippen LogP contribution in [0.15, 0.2) is 52.5 Å². The van der Waals surface area contributed by atoms with E-state index < -0.39 is 0 Å². The van der Waals surface area contributed by atoms with Gasteiger partial charge in [-0.2, -0.15) is 10.1 Å². The topological polar surface area (TPSA) is 71.4 Å². The molecule has 2 aromatic carbocycles. The molecule has 0 bridgehead atoms. The van der Waals surface area contributed by atoms with Crippen molar-refractivity contribution >= 4 is 46.5 Å². The Morgan fingerprint density at radius 1 is 1.15 bits per heavy atom. The zero-order chi connectivity index (χ0) is 19.4. The van der Waals surface area contributed by atoms with Gasteiger partial charge < -0.3 is 14.6 Å². The number of hydrogen-bond acceptors (Lipinski definition) is 7. The predicted molar refractivity (Wildman–Crippen MR) is 110 cm³/mol.